The number of benzene rings is 2. The minimum Gasteiger partial charge on any atom is -0.395 e. The van der Waals surface area contributed by atoms with Crippen molar-refractivity contribution in [3.8, 4) is 11.8 Å². The lowest BCUT2D eigenvalue weighted by Gasteiger charge is -2.57. The SMILES string of the molecule is O=C(Cc1ccncc1)N1CCCCN2[C@H](C1)[C@@H](c1ccc(C#Cc3ccccc3F)cc1)[C@@H]2CO. The molecule has 0 saturated carbocycles. The van der Waals surface area contributed by atoms with Crippen LogP contribution in [0.5, 0.6) is 0 Å². The molecule has 1 amide bonds. The first kappa shape index (κ1) is 24.2. The highest BCUT2D eigenvalue weighted by molar-refractivity contribution is 5.78. The molecule has 0 aliphatic carbocycles. The van der Waals surface area contributed by atoms with E-state index in [9.17, 15) is 14.3 Å². The molecule has 36 heavy (non-hydrogen) atoms. The van der Waals surface area contributed by atoms with Gasteiger partial charge < -0.3 is 10.0 Å². The van der Waals surface area contributed by atoms with Gasteiger partial charge in [0.15, 0.2) is 0 Å². The summed E-state index contributed by atoms with van der Waals surface area (Å²) in [6.45, 7) is 2.43. The minimum atomic E-state index is -0.325. The quantitative estimate of drug-likeness (QED) is 0.576. The van der Waals surface area contributed by atoms with E-state index >= 15 is 0 Å². The Balaban J connectivity index is 1.32. The van der Waals surface area contributed by atoms with Crippen molar-refractivity contribution in [3.63, 3.8) is 0 Å². The van der Waals surface area contributed by atoms with Gasteiger partial charge in [-0.1, -0.05) is 36.1 Å². The number of hydrogen-bond acceptors (Lipinski definition) is 4. The zero-order chi connectivity index (χ0) is 24.9. The van der Waals surface area contributed by atoms with Crippen LogP contribution < -0.4 is 0 Å². The van der Waals surface area contributed by atoms with Crippen molar-refractivity contribution in [1.82, 2.24) is 14.8 Å². The van der Waals surface area contributed by atoms with Gasteiger partial charge in [-0.3, -0.25) is 14.7 Å². The molecule has 5 nitrogen and oxygen atoms in total. The lowest BCUT2D eigenvalue weighted by Crippen LogP contribution is -2.68. The summed E-state index contributed by atoms with van der Waals surface area (Å²) in [5.41, 5.74) is 3.29. The Bertz CT molecular complexity index is 1250. The molecule has 5 rings (SSSR count). The van der Waals surface area contributed by atoms with Crippen molar-refractivity contribution in [1.29, 1.82) is 0 Å². The second kappa shape index (κ2) is 11.0. The van der Waals surface area contributed by atoms with Crippen LogP contribution in [0.2, 0.25) is 0 Å². The van der Waals surface area contributed by atoms with Crippen LogP contribution in [0, 0.1) is 17.7 Å². The Morgan fingerprint density at radius 3 is 2.50 bits per heavy atom. The maximum absolute atomic E-state index is 13.9. The number of aliphatic hydroxyl groups is 1. The van der Waals surface area contributed by atoms with E-state index in [0.717, 1.165) is 42.6 Å². The Morgan fingerprint density at radius 2 is 1.75 bits per heavy atom. The Labute approximate surface area is 211 Å². The average molecular weight is 484 g/mol. The summed E-state index contributed by atoms with van der Waals surface area (Å²) in [5.74, 6) is 5.89. The highest BCUT2D eigenvalue weighted by atomic mass is 19.1. The minimum absolute atomic E-state index is 0.0422. The largest absolute Gasteiger partial charge is 0.395 e. The third-order valence-corrected chi connectivity index (χ3v) is 7.34. The maximum atomic E-state index is 13.9. The van der Waals surface area contributed by atoms with Crippen molar-refractivity contribution >= 4 is 5.91 Å². The average Bonchev–Trinajstić information content (AvgIpc) is 2.88. The number of aromatic nitrogens is 1. The van der Waals surface area contributed by atoms with E-state index < -0.39 is 0 Å². The van der Waals surface area contributed by atoms with Gasteiger partial charge >= 0.3 is 0 Å². The molecule has 0 unspecified atom stereocenters. The fourth-order valence-electron chi connectivity index (χ4n) is 5.44. The molecule has 3 aromatic rings. The van der Waals surface area contributed by atoms with E-state index in [1.807, 2.05) is 29.2 Å². The van der Waals surface area contributed by atoms with E-state index in [0.29, 0.717) is 18.5 Å². The van der Waals surface area contributed by atoms with Gasteiger partial charge in [0, 0.05) is 49.0 Å². The van der Waals surface area contributed by atoms with E-state index in [1.165, 1.54) is 6.07 Å². The van der Waals surface area contributed by atoms with Crippen molar-refractivity contribution < 1.29 is 14.3 Å². The molecular formula is C30H30FN3O2. The molecule has 0 radical (unpaired) electrons. The summed E-state index contributed by atoms with van der Waals surface area (Å²) >= 11 is 0. The van der Waals surface area contributed by atoms with E-state index in [2.05, 4.69) is 33.9 Å². The second-order valence-corrected chi connectivity index (χ2v) is 9.51. The van der Waals surface area contributed by atoms with E-state index in [-0.39, 0.29) is 36.3 Å². The summed E-state index contributed by atoms with van der Waals surface area (Å²) in [6.07, 6.45) is 5.78. The highest BCUT2D eigenvalue weighted by Gasteiger charge is 2.49. The molecule has 0 spiro atoms. The third-order valence-electron chi connectivity index (χ3n) is 7.34. The number of aliphatic hydroxyl groups excluding tert-OH is 1. The molecule has 3 atom stereocenters. The fourth-order valence-corrected chi connectivity index (χ4v) is 5.44. The fraction of sp³-hybridized carbons (Fsp3) is 0.333. The number of nitrogens with zero attached hydrogens (tertiary/aromatic N) is 3. The number of halogens is 1. The summed E-state index contributed by atoms with van der Waals surface area (Å²) < 4.78 is 13.9. The Hall–Kier alpha value is -3.53. The summed E-state index contributed by atoms with van der Waals surface area (Å²) in [6, 6.07) is 18.5. The summed E-state index contributed by atoms with van der Waals surface area (Å²) in [7, 11) is 0. The normalized spacial score (nSPS) is 21.8. The first-order chi connectivity index (χ1) is 17.6. The van der Waals surface area contributed by atoms with Crippen molar-refractivity contribution in [2.75, 3.05) is 26.2 Å². The first-order valence-electron chi connectivity index (χ1n) is 12.5. The van der Waals surface area contributed by atoms with Crippen LogP contribution in [0.4, 0.5) is 4.39 Å². The zero-order valence-corrected chi connectivity index (χ0v) is 20.2. The zero-order valence-electron chi connectivity index (χ0n) is 20.2. The molecule has 1 aromatic heterocycles. The van der Waals surface area contributed by atoms with Crippen LogP contribution >= 0.6 is 0 Å². The molecule has 2 aliphatic heterocycles. The van der Waals surface area contributed by atoms with E-state index in [1.54, 1.807) is 30.6 Å². The van der Waals surface area contributed by atoms with Crippen molar-refractivity contribution in [2.45, 2.75) is 37.3 Å². The number of amides is 1. The molecule has 3 heterocycles. The smallest absolute Gasteiger partial charge is 0.227 e. The molecule has 2 aliphatic rings. The van der Waals surface area contributed by atoms with Crippen molar-refractivity contribution in [2.24, 2.45) is 0 Å². The molecule has 1 N–H and O–H groups in total. The number of carbonyl (C=O) groups excluding carboxylic acids is 1. The van der Waals surface area contributed by atoms with Gasteiger partial charge in [-0.2, -0.15) is 0 Å². The predicted octanol–water partition coefficient (Wildman–Crippen LogP) is 3.61. The molecule has 2 aromatic carbocycles. The summed E-state index contributed by atoms with van der Waals surface area (Å²) in [5, 5.41) is 10.2. The van der Waals surface area contributed by atoms with Gasteiger partial charge in [-0.25, -0.2) is 4.39 Å². The van der Waals surface area contributed by atoms with Gasteiger partial charge in [-0.15, -0.1) is 0 Å². The molecular weight excluding hydrogens is 453 g/mol. The molecule has 184 valence electrons. The van der Waals surface area contributed by atoms with Gasteiger partial charge in [-0.05, 0) is 66.9 Å². The topological polar surface area (TPSA) is 56.7 Å². The molecule has 0 bridgehead atoms. The number of fused-ring (bicyclic) bond motifs is 1. The Kier molecular flexibility index (Phi) is 7.41. The monoisotopic (exact) mass is 483 g/mol. The van der Waals surface area contributed by atoms with Crippen LogP contribution in [0.15, 0.2) is 73.1 Å². The number of rotatable bonds is 4. The maximum Gasteiger partial charge on any atom is 0.227 e. The number of pyridine rings is 1. The van der Waals surface area contributed by atoms with Crippen LogP contribution in [0.3, 0.4) is 0 Å². The number of carbonyl (C=O) groups is 1. The van der Waals surface area contributed by atoms with Gasteiger partial charge in [0.25, 0.3) is 0 Å². The molecule has 2 saturated heterocycles. The lowest BCUT2D eigenvalue weighted by atomic mass is 9.74. The van der Waals surface area contributed by atoms with Crippen LogP contribution in [0.25, 0.3) is 0 Å². The standard InChI is InChI=1S/C30H30FN3O2/c31-26-6-2-1-5-24(26)10-7-22-8-11-25(12-9-22)30-27-20-33(17-3-4-18-34(27)28(30)21-35)29(36)19-23-13-15-32-16-14-23/h1-2,5-6,8-9,11-16,27-28,30,35H,3-4,17-21H2/t27-,28+,30-/m1/s1. The van der Waals surface area contributed by atoms with Gasteiger partial charge in [0.2, 0.25) is 5.91 Å². The van der Waals surface area contributed by atoms with Crippen molar-refractivity contribution in [3.05, 3.63) is 101 Å². The molecule has 2 fully saturated rings. The number of hydrogen-bond donors (Lipinski definition) is 1. The molecule has 6 heteroatoms. The van der Waals surface area contributed by atoms with Gasteiger partial charge in [0.05, 0.1) is 18.6 Å². The second-order valence-electron chi connectivity index (χ2n) is 9.51. The van der Waals surface area contributed by atoms with Crippen LogP contribution in [-0.4, -0.2) is 64.1 Å². The Morgan fingerprint density at radius 1 is 1.00 bits per heavy atom. The summed E-state index contributed by atoms with van der Waals surface area (Å²) in [4.78, 5) is 21.6. The lowest BCUT2D eigenvalue weighted by molar-refractivity contribution is -0.135. The van der Waals surface area contributed by atoms with E-state index in [4.69, 9.17) is 0 Å². The van der Waals surface area contributed by atoms with Crippen LogP contribution in [-0.2, 0) is 11.2 Å². The van der Waals surface area contributed by atoms with Crippen LogP contribution in [0.1, 0.15) is 41.0 Å². The van der Waals surface area contributed by atoms with Gasteiger partial charge in [0.1, 0.15) is 5.82 Å². The first-order valence-corrected chi connectivity index (χ1v) is 12.5. The highest BCUT2D eigenvalue weighted by Crippen LogP contribution is 2.42. The predicted molar refractivity (Wildman–Crippen MR) is 137 cm³/mol. The third kappa shape index (κ3) is 5.18.